The number of aryl methyl sites for hydroxylation is 1. The topological polar surface area (TPSA) is 66.4 Å². The molecule has 1 heterocycles. The van der Waals surface area contributed by atoms with Crippen LogP contribution < -0.4 is 5.32 Å². The maximum absolute atomic E-state index is 11.9. The molecule has 112 valence electrons. The van der Waals surface area contributed by atoms with Gasteiger partial charge in [0.2, 0.25) is 0 Å². The van der Waals surface area contributed by atoms with Gasteiger partial charge >= 0.3 is 5.97 Å². The van der Waals surface area contributed by atoms with Crippen LogP contribution >= 0.6 is 11.3 Å². The molecule has 0 bridgehead atoms. The third kappa shape index (κ3) is 5.74. The van der Waals surface area contributed by atoms with E-state index in [-0.39, 0.29) is 12.3 Å². The van der Waals surface area contributed by atoms with Gasteiger partial charge in [0.05, 0.1) is 4.88 Å². The number of carbonyl (C=O) groups is 2. The first-order chi connectivity index (χ1) is 9.56. The first-order valence-electron chi connectivity index (χ1n) is 7.15. The van der Waals surface area contributed by atoms with Gasteiger partial charge in [-0.1, -0.05) is 20.3 Å². The van der Waals surface area contributed by atoms with Gasteiger partial charge in [0.15, 0.2) is 0 Å². The van der Waals surface area contributed by atoms with Crippen molar-refractivity contribution in [1.29, 1.82) is 0 Å². The highest BCUT2D eigenvalue weighted by Gasteiger charge is 2.11. The van der Waals surface area contributed by atoms with Crippen LogP contribution in [0.15, 0.2) is 12.1 Å². The van der Waals surface area contributed by atoms with Crippen LogP contribution in [-0.4, -0.2) is 23.5 Å². The summed E-state index contributed by atoms with van der Waals surface area (Å²) in [6, 6.07) is 3.85. The Hall–Kier alpha value is -1.36. The van der Waals surface area contributed by atoms with Gasteiger partial charge in [0, 0.05) is 17.8 Å². The average Bonchev–Trinajstić information content (AvgIpc) is 2.91. The van der Waals surface area contributed by atoms with Crippen LogP contribution in [0.25, 0.3) is 0 Å². The molecule has 0 aliphatic rings. The zero-order valence-electron chi connectivity index (χ0n) is 12.1. The predicted molar refractivity (Wildman–Crippen MR) is 81.3 cm³/mol. The summed E-state index contributed by atoms with van der Waals surface area (Å²) < 4.78 is 0. The Morgan fingerprint density at radius 1 is 1.30 bits per heavy atom. The van der Waals surface area contributed by atoms with Crippen LogP contribution in [0.2, 0.25) is 0 Å². The number of amides is 1. The zero-order chi connectivity index (χ0) is 15.0. The summed E-state index contributed by atoms with van der Waals surface area (Å²) >= 11 is 1.53. The van der Waals surface area contributed by atoms with Gasteiger partial charge in [-0.3, -0.25) is 9.59 Å². The number of aliphatic carboxylic acids is 1. The first kappa shape index (κ1) is 16.7. The molecule has 4 nitrogen and oxygen atoms in total. The highest BCUT2D eigenvalue weighted by atomic mass is 32.1. The number of carboxylic acids is 1. The SMILES string of the molecule is CCc1ccc(C(=O)NCCC(CC)CCC(=O)O)s1. The van der Waals surface area contributed by atoms with Crippen molar-refractivity contribution in [1.82, 2.24) is 5.32 Å². The largest absolute Gasteiger partial charge is 0.481 e. The maximum Gasteiger partial charge on any atom is 0.303 e. The van der Waals surface area contributed by atoms with E-state index in [0.29, 0.717) is 18.9 Å². The van der Waals surface area contributed by atoms with Gasteiger partial charge in [0.1, 0.15) is 0 Å². The van der Waals surface area contributed by atoms with Crippen molar-refractivity contribution in [2.24, 2.45) is 5.92 Å². The number of rotatable bonds is 9. The summed E-state index contributed by atoms with van der Waals surface area (Å²) in [5.41, 5.74) is 0. The molecule has 0 saturated heterocycles. The molecule has 5 heteroatoms. The third-order valence-electron chi connectivity index (χ3n) is 3.42. The van der Waals surface area contributed by atoms with Crippen molar-refractivity contribution < 1.29 is 14.7 Å². The highest BCUT2D eigenvalue weighted by molar-refractivity contribution is 7.14. The molecule has 20 heavy (non-hydrogen) atoms. The molecular weight excluding hydrogens is 274 g/mol. The van der Waals surface area contributed by atoms with E-state index in [1.54, 1.807) is 0 Å². The normalized spacial score (nSPS) is 12.1. The Morgan fingerprint density at radius 2 is 2.05 bits per heavy atom. The quantitative estimate of drug-likeness (QED) is 0.735. The fourth-order valence-corrected chi connectivity index (χ4v) is 2.91. The monoisotopic (exact) mass is 297 g/mol. The Morgan fingerprint density at radius 3 is 2.60 bits per heavy atom. The highest BCUT2D eigenvalue weighted by Crippen LogP contribution is 2.17. The fourth-order valence-electron chi connectivity index (χ4n) is 2.05. The lowest BCUT2D eigenvalue weighted by molar-refractivity contribution is -0.137. The van der Waals surface area contributed by atoms with Crippen LogP contribution in [0, 0.1) is 5.92 Å². The summed E-state index contributed by atoms with van der Waals surface area (Å²) in [6.07, 6.45) is 3.62. The minimum atomic E-state index is -0.752. The summed E-state index contributed by atoms with van der Waals surface area (Å²) in [5, 5.41) is 11.6. The predicted octanol–water partition coefficient (Wildman–Crippen LogP) is 3.32. The first-order valence-corrected chi connectivity index (χ1v) is 7.97. The van der Waals surface area contributed by atoms with Crippen LogP contribution in [0.1, 0.15) is 54.1 Å². The lowest BCUT2D eigenvalue weighted by atomic mass is 9.97. The maximum atomic E-state index is 11.9. The van der Waals surface area contributed by atoms with Crippen molar-refractivity contribution in [2.45, 2.75) is 46.0 Å². The van der Waals surface area contributed by atoms with E-state index in [1.807, 2.05) is 12.1 Å². The van der Waals surface area contributed by atoms with Crippen molar-refractivity contribution in [3.8, 4) is 0 Å². The van der Waals surface area contributed by atoms with Crippen LogP contribution in [-0.2, 0) is 11.2 Å². The van der Waals surface area contributed by atoms with Crippen molar-refractivity contribution in [3.63, 3.8) is 0 Å². The standard InChI is InChI=1S/C15H23NO3S/c1-3-11(5-8-14(17)18)9-10-16-15(19)13-7-6-12(4-2)20-13/h6-7,11H,3-5,8-10H2,1-2H3,(H,16,19)(H,17,18). The number of carbonyl (C=O) groups excluding carboxylic acids is 1. The molecule has 1 rings (SSSR count). The number of carboxylic acid groups (broad SMARTS) is 1. The van der Waals surface area contributed by atoms with Crippen molar-refractivity contribution >= 4 is 23.2 Å². The molecule has 0 aliphatic heterocycles. The molecule has 1 atom stereocenters. The van der Waals surface area contributed by atoms with Gasteiger partial charge in [-0.05, 0) is 37.3 Å². The number of hydrogen-bond donors (Lipinski definition) is 2. The third-order valence-corrected chi connectivity index (χ3v) is 4.64. The lowest BCUT2D eigenvalue weighted by Crippen LogP contribution is -2.25. The molecule has 0 radical (unpaired) electrons. The average molecular weight is 297 g/mol. The number of thiophene rings is 1. The summed E-state index contributed by atoms with van der Waals surface area (Å²) in [4.78, 5) is 24.4. The van der Waals surface area contributed by atoms with Gasteiger partial charge < -0.3 is 10.4 Å². The van der Waals surface area contributed by atoms with Crippen LogP contribution in [0.4, 0.5) is 0 Å². The minimum absolute atomic E-state index is 0.0252. The smallest absolute Gasteiger partial charge is 0.303 e. The van der Waals surface area contributed by atoms with Gasteiger partial charge in [0.25, 0.3) is 5.91 Å². The number of nitrogens with one attached hydrogen (secondary N) is 1. The van der Waals surface area contributed by atoms with E-state index in [4.69, 9.17) is 5.11 Å². The van der Waals surface area contributed by atoms with Crippen molar-refractivity contribution in [2.75, 3.05) is 6.54 Å². The fraction of sp³-hybridized carbons (Fsp3) is 0.600. The molecule has 0 saturated carbocycles. The molecule has 1 amide bonds. The second kappa shape index (κ2) is 8.74. The summed E-state index contributed by atoms with van der Waals surface area (Å²) in [5.74, 6) is -0.415. The molecule has 1 unspecified atom stereocenters. The molecule has 2 N–H and O–H groups in total. The molecule has 1 aromatic rings. The molecule has 0 aliphatic carbocycles. The van der Waals surface area contributed by atoms with E-state index in [1.165, 1.54) is 16.2 Å². The minimum Gasteiger partial charge on any atom is -0.481 e. The van der Waals surface area contributed by atoms with E-state index in [0.717, 1.165) is 24.1 Å². The Kier molecular flexibility index (Phi) is 7.30. The van der Waals surface area contributed by atoms with E-state index in [9.17, 15) is 9.59 Å². The van der Waals surface area contributed by atoms with Gasteiger partial charge in [-0.2, -0.15) is 0 Å². The van der Waals surface area contributed by atoms with Gasteiger partial charge in [-0.25, -0.2) is 0 Å². The zero-order valence-corrected chi connectivity index (χ0v) is 13.0. The van der Waals surface area contributed by atoms with E-state index in [2.05, 4.69) is 19.2 Å². The van der Waals surface area contributed by atoms with E-state index < -0.39 is 5.97 Å². The van der Waals surface area contributed by atoms with E-state index >= 15 is 0 Å². The van der Waals surface area contributed by atoms with Crippen LogP contribution in [0.5, 0.6) is 0 Å². The Balaban J connectivity index is 2.31. The number of hydrogen-bond acceptors (Lipinski definition) is 3. The summed E-state index contributed by atoms with van der Waals surface area (Å²) in [6.45, 7) is 4.74. The molecule has 0 spiro atoms. The molecular formula is C15H23NO3S. The lowest BCUT2D eigenvalue weighted by Gasteiger charge is -2.13. The van der Waals surface area contributed by atoms with Crippen molar-refractivity contribution in [3.05, 3.63) is 21.9 Å². The molecule has 0 fully saturated rings. The molecule has 1 aromatic heterocycles. The Bertz CT molecular complexity index is 442. The second-order valence-corrected chi connectivity index (χ2v) is 6.04. The Labute approximate surface area is 124 Å². The second-order valence-electron chi connectivity index (χ2n) is 4.87. The van der Waals surface area contributed by atoms with Gasteiger partial charge in [-0.15, -0.1) is 11.3 Å². The van der Waals surface area contributed by atoms with Crippen LogP contribution in [0.3, 0.4) is 0 Å². The molecule has 0 aromatic carbocycles. The summed E-state index contributed by atoms with van der Waals surface area (Å²) in [7, 11) is 0.